The number of halogens is 1. The molecule has 0 amide bonds. The molecule has 4 aromatic rings. The number of methoxy groups -OCH3 is 1. The highest BCUT2D eigenvalue weighted by Gasteiger charge is 2.33. The number of fused-ring (bicyclic) bond motifs is 1. The fourth-order valence-electron chi connectivity index (χ4n) is 3.01. The predicted molar refractivity (Wildman–Crippen MR) is 101 cm³/mol. The lowest BCUT2D eigenvalue weighted by Crippen LogP contribution is -2.11. The molecule has 29 heavy (non-hydrogen) atoms. The number of nitrogens with zero attached hydrogens (tertiary/aromatic N) is 1. The summed E-state index contributed by atoms with van der Waals surface area (Å²) in [5, 5.41) is 18.1. The molecule has 2 N–H and O–H groups in total. The van der Waals surface area contributed by atoms with E-state index in [1.165, 1.54) is 19.4 Å². The van der Waals surface area contributed by atoms with Crippen LogP contribution < -0.4 is 8.92 Å². The number of hydrogen-bond acceptors (Lipinski definition) is 7. The van der Waals surface area contributed by atoms with E-state index in [9.17, 15) is 17.9 Å². The first-order valence-electron chi connectivity index (χ1n) is 8.34. The third-order valence-corrected chi connectivity index (χ3v) is 5.52. The minimum atomic E-state index is -4.56. The quantitative estimate of drug-likeness (QED) is 0.474. The molecule has 2 aromatic heterocycles. The average Bonchev–Trinajstić information content (AvgIpc) is 3.31. The van der Waals surface area contributed by atoms with E-state index in [1.807, 2.05) is 0 Å². The summed E-state index contributed by atoms with van der Waals surface area (Å²) in [5.41, 5.74) is 0.892. The van der Waals surface area contributed by atoms with E-state index in [0.29, 0.717) is 11.1 Å². The third kappa shape index (κ3) is 3.17. The molecule has 0 fully saturated rings. The molecule has 2 heterocycles. The minimum absolute atomic E-state index is 0.0621. The van der Waals surface area contributed by atoms with Gasteiger partial charge >= 0.3 is 10.1 Å². The summed E-state index contributed by atoms with van der Waals surface area (Å²) in [6, 6.07) is 7.56. The molecule has 4 rings (SSSR count). The molecule has 0 radical (unpaired) electrons. The monoisotopic (exact) mass is 418 g/mol. The first-order valence-corrected chi connectivity index (χ1v) is 9.75. The van der Waals surface area contributed by atoms with Crippen LogP contribution in [0.1, 0.15) is 5.69 Å². The Morgan fingerprint density at radius 1 is 1.21 bits per heavy atom. The maximum Gasteiger partial charge on any atom is 0.346 e. The zero-order valence-corrected chi connectivity index (χ0v) is 16.1. The number of phenolic OH excluding ortho intramolecular Hbond substituents is 1. The Balaban J connectivity index is 1.98. The van der Waals surface area contributed by atoms with Crippen molar-refractivity contribution in [2.75, 3.05) is 7.11 Å². The minimum Gasteiger partial charge on any atom is -0.505 e. The lowest BCUT2D eigenvalue weighted by Gasteiger charge is -2.15. The Hall–Kier alpha value is -3.53. The van der Waals surface area contributed by atoms with Crippen LogP contribution in [0.25, 0.3) is 22.2 Å². The standard InChI is InChI=1S/C19H15FN2O6S/c1-10-9-14(22-21-10)15-16(23)19(18-13(7-8-27-18)17(15)26-2)29(24,25)28-12-5-3-11(20)4-6-12/h3-9,23H,1-2H3,(H,21,22). The van der Waals surface area contributed by atoms with Crippen molar-refractivity contribution in [3.8, 4) is 28.5 Å². The van der Waals surface area contributed by atoms with Crippen LogP contribution in [0, 0.1) is 12.7 Å². The van der Waals surface area contributed by atoms with Crippen molar-refractivity contribution in [2.24, 2.45) is 0 Å². The van der Waals surface area contributed by atoms with Crippen molar-refractivity contribution in [1.29, 1.82) is 0 Å². The number of hydrogen-bond donors (Lipinski definition) is 2. The van der Waals surface area contributed by atoms with Gasteiger partial charge in [0, 0.05) is 5.69 Å². The normalized spacial score (nSPS) is 11.7. The number of aromatic amines is 1. The molecule has 0 bridgehead atoms. The van der Waals surface area contributed by atoms with Crippen molar-refractivity contribution in [3.05, 3.63) is 54.2 Å². The van der Waals surface area contributed by atoms with Crippen molar-refractivity contribution in [2.45, 2.75) is 11.8 Å². The number of benzene rings is 2. The largest absolute Gasteiger partial charge is 0.505 e. The SMILES string of the molecule is COc1c(-c2cc(C)[nH]n2)c(O)c(S(=O)(=O)Oc2ccc(F)cc2)c2occc12. The lowest BCUT2D eigenvalue weighted by molar-refractivity contribution is 0.409. The van der Waals surface area contributed by atoms with Crippen LogP contribution >= 0.6 is 0 Å². The summed E-state index contributed by atoms with van der Waals surface area (Å²) in [6.45, 7) is 1.76. The van der Waals surface area contributed by atoms with Gasteiger partial charge < -0.3 is 18.4 Å². The van der Waals surface area contributed by atoms with E-state index < -0.39 is 26.6 Å². The lowest BCUT2D eigenvalue weighted by atomic mass is 10.1. The second kappa shape index (κ2) is 6.82. The molecule has 0 spiro atoms. The third-order valence-electron chi connectivity index (χ3n) is 4.23. The van der Waals surface area contributed by atoms with E-state index >= 15 is 0 Å². The Morgan fingerprint density at radius 2 is 1.93 bits per heavy atom. The molecule has 2 aromatic carbocycles. The van der Waals surface area contributed by atoms with Crippen molar-refractivity contribution in [3.63, 3.8) is 0 Å². The fraction of sp³-hybridized carbons (Fsp3) is 0.105. The number of furan rings is 1. The van der Waals surface area contributed by atoms with E-state index in [-0.39, 0.29) is 28.3 Å². The molecule has 0 saturated carbocycles. The second-order valence-corrected chi connectivity index (χ2v) is 7.66. The zero-order valence-electron chi connectivity index (χ0n) is 15.3. The van der Waals surface area contributed by atoms with Crippen LogP contribution in [-0.4, -0.2) is 30.8 Å². The number of aromatic nitrogens is 2. The van der Waals surface area contributed by atoms with Crippen molar-refractivity contribution in [1.82, 2.24) is 10.2 Å². The highest BCUT2D eigenvalue weighted by molar-refractivity contribution is 7.87. The summed E-state index contributed by atoms with van der Waals surface area (Å²) < 4.78 is 54.9. The smallest absolute Gasteiger partial charge is 0.346 e. The molecular formula is C19H15FN2O6S. The van der Waals surface area contributed by atoms with E-state index in [2.05, 4.69) is 10.2 Å². The van der Waals surface area contributed by atoms with E-state index in [1.54, 1.807) is 13.0 Å². The van der Waals surface area contributed by atoms with Gasteiger partial charge in [-0.05, 0) is 43.3 Å². The van der Waals surface area contributed by atoms with Crippen LogP contribution in [0.2, 0.25) is 0 Å². The molecule has 0 atom stereocenters. The summed E-state index contributed by atoms with van der Waals surface area (Å²) in [4.78, 5) is -0.585. The molecule has 0 aliphatic carbocycles. The van der Waals surface area contributed by atoms with E-state index in [4.69, 9.17) is 13.3 Å². The van der Waals surface area contributed by atoms with E-state index in [0.717, 1.165) is 24.3 Å². The van der Waals surface area contributed by atoms with Gasteiger partial charge in [0.25, 0.3) is 0 Å². The maximum absolute atomic E-state index is 13.1. The summed E-state index contributed by atoms with van der Waals surface area (Å²) in [6.07, 6.45) is 1.27. The fourth-order valence-corrected chi connectivity index (χ4v) is 4.19. The van der Waals surface area contributed by atoms with Crippen LogP contribution in [0.4, 0.5) is 4.39 Å². The highest BCUT2D eigenvalue weighted by atomic mass is 32.2. The molecule has 150 valence electrons. The summed E-state index contributed by atoms with van der Waals surface area (Å²) in [7, 11) is -3.18. The molecule has 0 saturated heterocycles. The van der Waals surface area contributed by atoms with Crippen LogP contribution in [-0.2, 0) is 10.1 Å². The van der Waals surface area contributed by atoms with Crippen molar-refractivity contribution < 1.29 is 31.3 Å². The average molecular weight is 418 g/mol. The molecular weight excluding hydrogens is 403 g/mol. The number of nitrogens with one attached hydrogen (secondary N) is 1. The first-order chi connectivity index (χ1) is 13.8. The Labute approximate surface area is 164 Å². The summed E-state index contributed by atoms with van der Waals surface area (Å²) >= 11 is 0. The van der Waals surface area contributed by atoms with Gasteiger partial charge in [0.15, 0.2) is 16.2 Å². The Bertz CT molecular complexity index is 1310. The Kier molecular flexibility index (Phi) is 4.42. The van der Waals surface area contributed by atoms with Crippen molar-refractivity contribution >= 4 is 21.1 Å². The van der Waals surface area contributed by atoms with Gasteiger partial charge in [-0.3, -0.25) is 5.10 Å². The van der Waals surface area contributed by atoms with Gasteiger partial charge in [0.2, 0.25) is 0 Å². The molecule has 0 unspecified atom stereocenters. The highest BCUT2D eigenvalue weighted by Crippen LogP contribution is 2.48. The number of H-pyrrole nitrogens is 1. The van der Waals surface area contributed by atoms with Gasteiger partial charge in [0.05, 0.1) is 30.0 Å². The van der Waals surface area contributed by atoms with Gasteiger partial charge in [-0.2, -0.15) is 13.5 Å². The number of aryl methyl sites for hydroxylation is 1. The van der Waals surface area contributed by atoms with Crippen LogP contribution in [0.3, 0.4) is 0 Å². The number of rotatable bonds is 5. The first kappa shape index (κ1) is 18.8. The summed E-state index contributed by atoms with van der Waals surface area (Å²) in [5.74, 6) is -1.12. The molecule has 8 nitrogen and oxygen atoms in total. The number of phenols is 1. The van der Waals surface area contributed by atoms with Gasteiger partial charge in [0.1, 0.15) is 17.3 Å². The zero-order chi connectivity index (χ0) is 20.8. The maximum atomic E-state index is 13.1. The van der Waals surface area contributed by atoms with Gasteiger partial charge in [-0.15, -0.1) is 0 Å². The second-order valence-electron chi connectivity index (χ2n) is 6.18. The Morgan fingerprint density at radius 3 is 2.55 bits per heavy atom. The predicted octanol–water partition coefficient (Wildman–Crippen LogP) is 3.75. The molecule has 10 heteroatoms. The van der Waals surface area contributed by atoms with Crippen LogP contribution in [0.15, 0.2) is 52.0 Å². The molecule has 0 aliphatic heterocycles. The van der Waals surface area contributed by atoms with Gasteiger partial charge in [-0.25, -0.2) is 4.39 Å². The van der Waals surface area contributed by atoms with Crippen LogP contribution in [0.5, 0.6) is 17.2 Å². The number of aromatic hydroxyl groups is 1. The van der Waals surface area contributed by atoms with Gasteiger partial charge in [-0.1, -0.05) is 0 Å². The number of ether oxygens (including phenoxy) is 1. The molecule has 0 aliphatic rings. The topological polar surface area (TPSA) is 115 Å².